The van der Waals surface area contributed by atoms with Gasteiger partial charge >= 0.3 is 0 Å². The van der Waals surface area contributed by atoms with Crippen LogP contribution >= 0.6 is 0 Å². The van der Waals surface area contributed by atoms with E-state index >= 15 is 0 Å². The van der Waals surface area contributed by atoms with Gasteiger partial charge in [-0.2, -0.15) is 0 Å². The normalized spacial score (nSPS) is 22.2. The first-order valence-corrected chi connectivity index (χ1v) is 7.68. The monoisotopic (exact) mass is 240 g/mol. The molecule has 1 rings (SSSR count). The zero-order valence-electron chi connectivity index (χ0n) is 12.2. The van der Waals surface area contributed by atoms with Crippen LogP contribution in [0.1, 0.15) is 59.3 Å². The number of likely N-dealkylation sites (tertiary alicyclic amines) is 1. The lowest BCUT2D eigenvalue weighted by Crippen LogP contribution is -2.39. The van der Waals surface area contributed by atoms with Crippen LogP contribution in [0.4, 0.5) is 0 Å². The Balaban J connectivity index is 2.01. The molecule has 1 unspecified atom stereocenters. The SMILES string of the molecule is CCC1CCCCN1CCCCNCC(C)C. The summed E-state index contributed by atoms with van der Waals surface area (Å²) in [6.45, 7) is 11.9. The van der Waals surface area contributed by atoms with Gasteiger partial charge in [0.15, 0.2) is 0 Å². The van der Waals surface area contributed by atoms with Gasteiger partial charge in [0, 0.05) is 6.04 Å². The molecule has 0 radical (unpaired) electrons. The Morgan fingerprint density at radius 1 is 1.24 bits per heavy atom. The molecule has 1 heterocycles. The molecule has 2 heteroatoms. The minimum absolute atomic E-state index is 0.779. The van der Waals surface area contributed by atoms with E-state index in [4.69, 9.17) is 0 Å². The van der Waals surface area contributed by atoms with Crippen LogP contribution in [0.5, 0.6) is 0 Å². The predicted molar refractivity (Wildman–Crippen MR) is 76.4 cm³/mol. The van der Waals surface area contributed by atoms with Gasteiger partial charge in [-0.1, -0.05) is 27.2 Å². The van der Waals surface area contributed by atoms with Crippen molar-refractivity contribution in [3.05, 3.63) is 0 Å². The Morgan fingerprint density at radius 2 is 2.06 bits per heavy atom. The lowest BCUT2D eigenvalue weighted by Gasteiger charge is -2.35. The largest absolute Gasteiger partial charge is 0.316 e. The predicted octanol–water partition coefficient (Wildman–Crippen LogP) is 3.28. The van der Waals surface area contributed by atoms with Gasteiger partial charge in [-0.05, 0) is 64.2 Å². The highest BCUT2D eigenvalue weighted by Gasteiger charge is 2.19. The average molecular weight is 240 g/mol. The number of nitrogens with zero attached hydrogens (tertiary/aromatic N) is 1. The van der Waals surface area contributed by atoms with E-state index in [1.165, 1.54) is 64.7 Å². The number of nitrogens with one attached hydrogen (secondary N) is 1. The van der Waals surface area contributed by atoms with Gasteiger partial charge in [-0.15, -0.1) is 0 Å². The fourth-order valence-electron chi connectivity index (χ4n) is 2.77. The van der Waals surface area contributed by atoms with Crippen LogP contribution in [0.2, 0.25) is 0 Å². The van der Waals surface area contributed by atoms with E-state index in [0.717, 1.165) is 12.0 Å². The molecule has 0 bridgehead atoms. The second kappa shape index (κ2) is 8.93. The van der Waals surface area contributed by atoms with Crippen molar-refractivity contribution in [3.63, 3.8) is 0 Å². The summed E-state index contributed by atoms with van der Waals surface area (Å²) in [7, 11) is 0. The van der Waals surface area contributed by atoms with Crippen LogP contribution in [0.15, 0.2) is 0 Å². The molecule has 0 aromatic rings. The van der Waals surface area contributed by atoms with Crippen LogP contribution in [-0.2, 0) is 0 Å². The van der Waals surface area contributed by atoms with E-state index in [9.17, 15) is 0 Å². The molecule has 2 nitrogen and oxygen atoms in total. The topological polar surface area (TPSA) is 15.3 Å². The molecule has 0 aromatic carbocycles. The summed E-state index contributed by atoms with van der Waals surface area (Å²) in [6, 6.07) is 0.882. The van der Waals surface area contributed by atoms with Crippen molar-refractivity contribution in [2.45, 2.75) is 65.3 Å². The number of hydrogen-bond acceptors (Lipinski definition) is 2. The van der Waals surface area contributed by atoms with Gasteiger partial charge in [0.2, 0.25) is 0 Å². The summed E-state index contributed by atoms with van der Waals surface area (Å²) in [5.41, 5.74) is 0. The summed E-state index contributed by atoms with van der Waals surface area (Å²) in [4.78, 5) is 2.73. The smallest absolute Gasteiger partial charge is 0.00926 e. The third-order valence-electron chi connectivity index (χ3n) is 3.82. The highest BCUT2D eigenvalue weighted by molar-refractivity contribution is 4.75. The zero-order valence-corrected chi connectivity index (χ0v) is 12.2. The van der Waals surface area contributed by atoms with Gasteiger partial charge in [0.05, 0.1) is 0 Å². The third-order valence-corrected chi connectivity index (χ3v) is 3.82. The lowest BCUT2D eigenvalue weighted by atomic mass is 10.00. The van der Waals surface area contributed by atoms with Crippen LogP contribution in [0.3, 0.4) is 0 Å². The van der Waals surface area contributed by atoms with E-state index in [-0.39, 0.29) is 0 Å². The van der Waals surface area contributed by atoms with Crippen LogP contribution in [-0.4, -0.2) is 37.1 Å². The molecule has 1 aliphatic heterocycles. The van der Waals surface area contributed by atoms with E-state index in [2.05, 4.69) is 31.0 Å². The van der Waals surface area contributed by atoms with Crippen molar-refractivity contribution in [3.8, 4) is 0 Å². The summed E-state index contributed by atoms with van der Waals surface area (Å²) < 4.78 is 0. The standard InChI is InChI=1S/C15H32N2/c1-4-15-9-5-7-11-17(15)12-8-6-10-16-13-14(2)3/h14-16H,4-13H2,1-3H3. The van der Waals surface area contributed by atoms with E-state index in [1.54, 1.807) is 0 Å². The maximum Gasteiger partial charge on any atom is 0.00926 e. The average Bonchev–Trinajstić information content (AvgIpc) is 2.33. The molecule has 1 atom stereocenters. The summed E-state index contributed by atoms with van der Waals surface area (Å²) in [5, 5.41) is 3.53. The molecule has 102 valence electrons. The minimum atomic E-state index is 0.779. The minimum Gasteiger partial charge on any atom is -0.316 e. The maximum absolute atomic E-state index is 3.53. The second-order valence-electron chi connectivity index (χ2n) is 5.90. The molecule has 0 aromatic heterocycles. The highest BCUT2D eigenvalue weighted by atomic mass is 15.2. The van der Waals surface area contributed by atoms with Gasteiger partial charge in [-0.3, -0.25) is 0 Å². The molecular weight excluding hydrogens is 208 g/mol. The second-order valence-corrected chi connectivity index (χ2v) is 5.90. The Bertz CT molecular complexity index is 180. The van der Waals surface area contributed by atoms with Crippen molar-refractivity contribution in [2.24, 2.45) is 5.92 Å². The first kappa shape index (κ1) is 15.0. The first-order chi connectivity index (χ1) is 8.24. The third kappa shape index (κ3) is 6.42. The molecule has 1 aliphatic rings. The molecule has 0 amide bonds. The number of rotatable bonds is 8. The number of unbranched alkanes of at least 4 members (excludes halogenated alkanes) is 1. The number of hydrogen-bond donors (Lipinski definition) is 1. The fourth-order valence-corrected chi connectivity index (χ4v) is 2.77. The van der Waals surface area contributed by atoms with Crippen LogP contribution in [0.25, 0.3) is 0 Å². The van der Waals surface area contributed by atoms with Crippen molar-refractivity contribution < 1.29 is 0 Å². The number of piperidine rings is 1. The lowest BCUT2D eigenvalue weighted by molar-refractivity contribution is 0.141. The molecule has 1 N–H and O–H groups in total. The van der Waals surface area contributed by atoms with E-state index in [0.29, 0.717) is 0 Å². The van der Waals surface area contributed by atoms with Crippen LogP contribution < -0.4 is 5.32 Å². The first-order valence-electron chi connectivity index (χ1n) is 7.68. The summed E-state index contributed by atoms with van der Waals surface area (Å²) in [6.07, 6.45) is 8.34. The Kier molecular flexibility index (Phi) is 7.87. The van der Waals surface area contributed by atoms with Gasteiger partial charge in [0.25, 0.3) is 0 Å². The van der Waals surface area contributed by atoms with Gasteiger partial charge in [0.1, 0.15) is 0 Å². The van der Waals surface area contributed by atoms with Crippen LogP contribution in [0, 0.1) is 5.92 Å². The Hall–Kier alpha value is -0.0800. The summed E-state index contributed by atoms with van der Waals surface area (Å²) >= 11 is 0. The molecule has 1 fully saturated rings. The molecule has 1 saturated heterocycles. The van der Waals surface area contributed by atoms with Crippen molar-refractivity contribution >= 4 is 0 Å². The van der Waals surface area contributed by atoms with Gasteiger partial charge in [-0.25, -0.2) is 0 Å². The maximum atomic E-state index is 3.53. The zero-order chi connectivity index (χ0) is 12.5. The highest BCUT2D eigenvalue weighted by Crippen LogP contribution is 2.19. The summed E-state index contributed by atoms with van der Waals surface area (Å²) in [5.74, 6) is 0.779. The molecule has 0 saturated carbocycles. The molecule has 0 spiro atoms. The molecule has 17 heavy (non-hydrogen) atoms. The van der Waals surface area contributed by atoms with Crippen molar-refractivity contribution in [2.75, 3.05) is 26.2 Å². The van der Waals surface area contributed by atoms with Crippen molar-refractivity contribution in [1.29, 1.82) is 0 Å². The quantitative estimate of drug-likeness (QED) is 0.655. The molecular formula is C15H32N2. The molecule has 0 aliphatic carbocycles. The van der Waals surface area contributed by atoms with Crippen molar-refractivity contribution in [1.82, 2.24) is 10.2 Å². The fraction of sp³-hybridized carbons (Fsp3) is 1.00. The Labute approximate surface area is 108 Å². The van der Waals surface area contributed by atoms with E-state index in [1.807, 2.05) is 0 Å². The van der Waals surface area contributed by atoms with Gasteiger partial charge < -0.3 is 10.2 Å². The van der Waals surface area contributed by atoms with E-state index < -0.39 is 0 Å². The Morgan fingerprint density at radius 3 is 2.76 bits per heavy atom.